The van der Waals surface area contributed by atoms with Crippen molar-refractivity contribution in [2.24, 2.45) is 0 Å². The summed E-state index contributed by atoms with van der Waals surface area (Å²) in [7, 11) is 1.33. The number of amides is 1. The minimum absolute atomic E-state index is 0.0137. The van der Waals surface area contributed by atoms with E-state index in [-0.39, 0.29) is 17.1 Å². The van der Waals surface area contributed by atoms with E-state index in [1.807, 2.05) is 24.3 Å². The normalized spacial score (nSPS) is 10.9. The largest absolute Gasteiger partial charge is 0.493 e. The topological polar surface area (TPSA) is 47.6 Å². The van der Waals surface area contributed by atoms with E-state index in [2.05, 4.69) is 15.4 Å². The molecule has 1 aromatic heterocycles. The van der Waals surface area contributed by atoms with Crippen molar-refractivity contribution >= 4 is 27.3 Å². The molecule has 136 valence electrons. The van der Waals surface area contributed by atoms with Crippen LogP contribution in [0.3, 0.4) is 0 Å². The third-order valence-electron chi connectivity index (χ3n) is 3.89. The summed E-state index contributed by atoms with van der Waals surface area (Å²) in [5.41, 5.74) is 1.15. The number of ether oxygens (including phenoxy) is 2. The van der Waals surface area contributed by atoms with E-state index in [0.717, 1.165) is 10.9 Å². The van der Waals surface area contributed by atoms with Crippen LogP contribution in [0.25, 0.3) is 10.1 Å². The van der Waals surface area contributed by atoms with Crippen molar-refractivity contribution in [1.29, 1.82) is 0 Å². The molecule has 0 aliphatic heterocycles. The van der Waals surface area contributed by atoms with E-state index in [0.29, 0.717) is 13.0 Å². The Hall–Kier alpha value is -2.67. The molecule has 0 spiro atoms. The van der Waals surface area contributed by atoms with E-state index in [4.69, 9.17) is 4.74 Å². The van der Waals surface area contributed by atoms with Crippen LogP contribution in [0.1, 0.15) is 15.9 Å². The predicted molar refractivity (Wildman–Crippen MR) is 97.5 cm³/mol. The first kappa shape index (κ1) is 18.1. The predicted octanol–water partition coefficient (Wildman–Crippen LogP) is 4.48. The summed E-state index contributed by atoms with van der Waals surface area (Å²) in [5, 5.41) is 5.98. The van der Waals surface area contributed by atoms with Gasteiger partial charge in [0, 0.05) is 11.2 Å². The molecule has 1 amide bonds. The third-order valence-corrected chi connectivity index (χ3v) is 4.90. The summed E-state index contributed by atoms with van der Waals surface area (Å²) in [4.78, 5) is 12.4. The molecule has 0 bridgehead atoms. The fourth-order valence-corrected chi connectivity index (χ4v) is 3.70. The Kier molecular flexibility index (Phi) is 5.68. The zero-order valence-electron chi connectivity index (χ0n) is 14.0. The van der Waals surface area contributed by atoms with E-state index in [9.17, 15) is 13.6 Å². The van der Waals surface area contributed by atoms with Crippen LogP contribution in [-0.4, -0.2) is 26.2 Å². The fourth-order valence-electron chi connectivity index (χ4n) is 2.70. The molecule has 0 aliphatic carbocycles. The van der Waals surface area contributed by atoms with E-state index in [1.165, 1.54) is 23.9 Å². The first-order valence-electron chi connectivity index (χ1n) is 7.95. The summed E-state index contributed by atoms with van der Waals surface area (Å²) in [6.45, 7) is -2.67. The average molecular weight is 377 g/mol. The standard InChI is InChI=1S/C19H17F2NO3S/c1-24-15-7-4-6-14(17(15)25-19(20)21)18(23)22-10-9-12-11-26-16-8-3-2-5-13(12)16/h2-8,11,19H,9-10H2,1H3,(H,22,23). The van der Waals surface area contributed by atoms with Crippen LogP contribution < -0.4 is 14.8 Å². The molecule has 7 heteroatoms. The highest BCUT2D eigenvalue weighted by Crippen LogP contribution is 2.32. The number of carbonyl (C=O) groups is 1. The third kappa shape index (κ3) is 3.94. The molecular weight excluding hydrogens is 360 g/mol. The van der Waals surface area contributed by atoms with Crippen molar-refractivity contribution < 1.29 is 23.0 Å². The van der Waals surface area contributed by atoms with Gasteiger partial charge in [-0.05, 0) is 40.9 Å². The van der Waals surface area contributed by atoms with E-state index >= 15 is 0 Å². The second-order valence-electron chi connectivity index (χ2n) is 5.48. The second-order valence-corrected chi connectivity index (χ2v) is 6.39. The average Bonchev–Trinajstić information content (AvgIpc) is 3.04. The van der Waals surface area contributed by atoms with Crippen LogP contribution in [0.15, 0.2) is 47.8 Å². The Morgan fingerprint density at radius 1 is 1.19 bits per heavy atom. The van der Waals surface area contributed by atoms with Crippen LogP contribution >= 0.6 is 11.3 Å². The molecule has 3 rings (SSSR count). The maximum Gasteiger partial charge on any atom is 0.387 e. The smallest absolute Gasteiger partial charge is 0.387 e. The number of benzene rings is 2. The molecule has 1 N–H and O–H groups in total. The summed E-state index contributed by atoms with van der Waals surface area (Å²) in [5.74, 6) is -0.663. The minimum atomic E-state index is -3.05. The number of alkyl halides is 2. The highest BCUT2D eigenvalue weighted by atomic mass is 32.1. The van der Waals surface area contributed by atoms with E-state index < -0.39 is 12.5 Å². The lowest BCUT2D eigenvalue weighted by atomic mass is 10.1. The molecule has 3 aromatic rings. The first-order chi connectivity index (χ1) is 12.6. The number of carbonyl (C=O) groups excluding carboxylic acids is 1. The molecule has 0 unspecified atom stereocenters. The number of para-hydroxylation sites is 1. The number of rotatable bonds is 7. The maximum atomic E-state index is 12.7. The Bertz CT molecular complexity index is 911. The minimum Gasteiger partial charge on any atom is -0.493 e. The van der Waals surface area contributed by atoms with Crippen molar-refractivity contribution in [3.8, 4) is 11.5 Å². The van der Waals surface area contributed by atoms with Gasteiger partial charge >= 0.3 is 6.61 Å². The Morgan fingerprint density at radius 2 is 2.00 bits per heavy atom. The summed E-state index contributed by atoms with van der Waals surface area (Å²) < 4.78 is 36.0. The van der Waals surface area contributed by atoms with Gasteiger partial charge in [-0.1, -0.05) is 24.3 Å². The molecule has 26 heavy (non-hydrogen) atoms. The zero-order valence-corrected chi connectivity index (χ0v) is 14.8. The molecule has 0 saturated carbocycles. The second kappa shape index (κ2) is 8.14. The van der Waals surface area contributed by atoms with E-state index in [1.54, 1.807) is 17.4 Å². The van der Waals surface area contributed by atoms with Crippen molar-refractivity contribution in [2.45, 2.75) is 13.0 Å². The summed E-state index contributed by atoms with van der Waals surface area (Å²) in [6, 6.07) is 12.5. The van der Waals surface area contributed by atoms with Crippen LogP contribution in [0.4, 0.5) is 8.78 Å². The van der Waals surface area contributed by atoms with Crippen LogP contribution in [0.2, 0.25) is 0 Å². The fraction of sp³-hybridized carbons (Fsp3) is 0.211. The lowest BCUT2D eigenvalue weighted by Crippen LogP contribution is -2.26. The zero-order chi connectivity index (χ0) is 18.5. The lowest BCUT2D eigenvalue weighted by Gasteiger charge is -2.14. The number of hydrogen-bond acceptors (Lipinski definition) is 4. The Morgan fingerprint density at radius 3 is 2.77 bits per heavy atom. The van der Waals surface area contributed by atoms with Crippen molar-refractivity contribution in [2.75, 3.05) is 13.7 Å². The Labute approximate surface area is 153 Å². The van der Waals surface area contributed by atoms with Gasteiger partial charge in [-0.3, -0.25) is 4.79 Å². The molecule has 0 aliphatic rings. The molecule has 4 nitrogen and oxygen atoms in total. The lowest BCUT2D eigenvalue weighted by molar-refractivity contribution is -0.0515. The van der Waals surface area contributed by atoms with Crippen LogP contribution in [0.5, 0.6) is 11.5 Å². The summed E-state index contributed by atoms with van der Waals surface area (Å²) >= 11 is 1.65. The quantitative estimate of drug-likeness (QED) is 0.660. The Balaban J connectivity index is 1.70. The van der Waals surface area contributed by atoms with Gasteiger partial charge in [0.1, 0.15) is 0 Å². The number of halogens is 2. The molecule has 2 aromatic carbocycles. The molecule has 0 saturated heterocycles. The van der Waals surface area contributed by atoms with Gasteiger partial charge in [-0.15, -0.1) is 11.3 Å². The number of methoxy groups -OCH3 is 1. The number of thiophene rings is 1. The molecule has 0 fully saturated rings. The van der Waals surface area contributed by atoms with Gasteiger partial charge in [0.05, 0.1) is 12.7 Å². The molecule has 1 heterocycles. The highest BCUT2D eigenvalue weighted by Gasteiger charge is 2.20. The maximum absolute atomic E-state index is 12.7. The van der Waals surface area contributed by atoms with Crippen LogP contribution in [0, 0.1) is 0 Å². The highest BCUT2D eigenvalue weighted by molar-refractivity contribution is 7.17. The monoisotopic (exact) mass is 377 g/mol. The van der Waals surface area contributed by atoms with Gasteiger partial charge in [0.2, 0.25) is 0 Å². The number of fused-ring (bicyclic) bond motifs is 1. The van der Waals surface area contributed by atoms with Gasteiger partial charge in [-0.2, -0.15) is 8.78 Å². The van der Waals surface area contributed by atoms with Gasteiger partial charge in [-0.25, -0.2) is 0 Å². The van der Waals surface area contributed by atoms with Crippen molar-refractivity contribution in [1.82, 2.24) is 5.32 Å². The number of hydrogen-bond donors (Lipinski definition) is 1. The number of nitrogens with one attached hydrogen (secondary N) is 1. The van der Waals surface area contributed by atoms with Gasteiger partial charge in [0.15, 0.2) is 11.5 Å². The first-order valence-corrected chi connectivity index (χ1v) is 8.83. The van der Waals surface area contributed by atoms with Gasteiger partial charge in [0.25, 0.3) is 5.91 Å². The van der Waals surface area contributed by atoms with Crippen molar-refractivity contribution in [3.05, 3.63) is 59.0 Å². The molecule has 0 radical (unpaired) electrons. The van der Waals surface area contributed by atoms with Gasteiger partial charge < -0.3 is 14.8 Å². The van der Waals surface area contributed by atoms with Crippen molar-refractivity contribution in [3.63, 3.8) is 0 Å². The SMILES string of the molecule is COc1cccc(C(=O)NCCc2csc3ccccc23)c1OC(F)F. The summed E-state index contributed by atoms with van der Waals surface area (Å²) in [6.07, 6.45) is 0.644. The van der Waals surface area contributed by atoms with Crippen LogP contribution in [-0.2, 0) is 6.42 Å². The molecular formula is C19H17F2NO3S. The molecule has 0 atom stereocenters.